The van der Waals surface area contributed by atoms with Crippen molar-refractivity contribution in [3.8, 4) is 11.1 Å². The highest BCUT2D eigenvalue weighted by atomic mass is 16.2. The zero-order chi connectivity index (χ0) is 22.4. The third-order valence-corrected chi connectivity index (χ3v) is 7.02. The number of benzene rings is 1. The van der Waals surface area contributed by atoms with Gasteiger partial charge in [0.15, 0.2) is 0 Å². The van der Waals surface area contributed by atoms with Gasteiger partial charge < -0.3 is 10.2 Å². The number of amides is 1. The van der Waals surface area contributed by atoms with Crippen LogP contribution in [0, 0.1) is 6.92 Å². The zero-order valence-electron chi connectivity index (χ0n) is 18.5. The van der Waals surface area contributed by atoms with Gasteiger partial charge in [-0.25, -0.2) is 0 Å². The molecule has 2 aliphatic rings. The van der Waals surface area contributed by atoms with E-state index in [2.05, 4.69) is 45.6 Å². The third-order valence-electron chi connectivity index (χ3n) is 7.02. The molecule has 6 rings (SSSR count). The van der Waals surface area contributed by atoms with Crippen LogP contribution in [-0.2, 0) is 16.8 Å². The molecular weight excluding hydrogens is 412 g/mol. The average molecular weight is 437 g/mol. The van der Waals surface area contributed by atoms with Gasteiger partial charge in [0.25, 0.3) is 0 Å². The van der Waals surface area contributed by atoms with E-state index < -0.39 is 5.41 Å². The van der Waals surface area contributed by atoms with E-state index in [0.717, 1.165) is 64.8 Å². The average Bonchev–Trinajstić information content (AvgIpc) is 3.07. The van der Waals surface area contributed by atoms with Crippen molar-refractivity contribution in [3.05, 3.63) is 78.1 Å². The molecule has 7 heteroatoms. The summed E-state index contributed by atoms with van der Waals surface area (Å²) in [5.41, 5.74) is 5.47. The van der Waals surface area contributed by atoms with E-state index in [0.29, 0.717) is 6.54 Å². The van der Waals surface area contributed by atoms with Crippen molar-refractivity contribution >= 4 is 22.4 Å². The molecule has 0 radical (unpaired) electrons. The fourth-order valence-corrected chi connectivity index (χ4v) is 5.40. The van der Waals surface area contributed by atoms with E-state index in [1.165, 1.54) is 5.56 Å². The van der Waals surface area contributed by atoms with Gasteiger partial charge in [0.1, 0.15) is 0 Å². The Morgan fingerprint density at radius 1 is 1.03 bits per heavy atom. The molecule has 4 aromatic rings. The number of piperidine rings is 1. The highest BCUT2D eigenvalue weighted by molar-refractivity contribution is 6.08. The zero-order valence-corrected chi connectivity index (χ0v) is 18.5. The van der Waals surface area contributed by atoms with Crippen molar-refractivity contribution in [2.24, 2.45) is 0 Å². The number of nitrogens with one attached hydrogen (secondary N) is 1. The molecule has 7 nitrogen and oxygen atoms in total. The first-order chi connectivity index (χ1) is 16.2. The first-order valence-electron chi connectivity index (χ1n) is 11.3. The number of aryl methyl sites for hydroxylation is 1. The minimum atomic E-state index is -0.476. The SMILES string of the molecule is Cc1ccc2c(-c3ccnnc3)c(CN3C(=O)C4(CCNCC4)c4ccncc43)ncc2c1. The van der Waals surface area contributed by atoms with Crippen LogP contribution in [0.25, 0.3) is 21.9 Å². The molecule has 164 valence electrons. The van der Waals surface area contributed by atoms with E-state index in [9.17, 15) is 4.79 Å². The molecular formula is C26H24N6O. The van der Waals surface area contributed by atoms with E-state index >= 15 is 0 Å². The number of fused-ring (bicyclic) bond motifs is 3. The summed E-state index contributed by atoms with van der Waals surface area (Å²) >= 11 is 0. The van der Waals surface area contributed by atoms with Crippen LogP contribution in [0.2, 0.25) is 0 Å². The fourth-order valence-electron chi connectivity index (χ4n) is 5.40. The summed E-state index contributed by atoms with van der Waals surface area (Å²) in [6.07, 6.45) is 10.6. The quantitative estimate of drug-likeness (QED) is 0.529. The molecule has 2 aliphatic heterocycles. The first kappa shape index (κ1) is 19.9. The van der Waals surface area contributed by atoms with Gasteiger partial charge in [-0.15, -0.1) is 0 Å². The second kappa shape index (κ2) is 7.71. The summed E-state index contributed by atoms with van der Waals surface area (Å²) in [5, 5.41) is 13.6. The second-order valence-corrected chi connectivity index (χ2v) is 8.92. The van der Waals surface area contributed by atoms with Gasteiger partial charge >= 0.3 is 0 Å². The van der Waals surface area contributed by atoms with Crippen molar-refractivity contribution in [1.29, 1.82) is 0 Å². The summed E-state index contributed by atoms with van der Waals surface area (Å²) < 4.78 is 0. The molecule has 0 atom stereocenters. The van der Waals surface area contributed by atoms with Gasteiger partial charge in [0, 0.05) is 28.9 Å². The Bertz CT molecular complexity index is 1360. The molecule has 0 saturated carbocycles. The highest BCUT2D eigenvalue weighted by Gasteiger charge is 2.51. The minimum absolute atomic E-state index is 0.150. The van der Waals surface area contributed by atoms with Gasteiger partial charge in [-0.2, -0.15) is 10.2 Å². The normalized spacial score (nSPS) is 17.0. The van der Waals surface area contributed by atoms with Gasteiger partial charge in [0.2, 0.25) is 5.91 Å². The van der Waals surface area contributed by atoms with Crippen molar-refractivity contribution in [1.82, 2.24) is 25.5 Å². The molecule has 33 heavy (non-hydrogen) atoms. The monoisotopic (exact) mass is 436 g/mol. The van der Waals surface area contributed by atoms with E-state index in [1.807, 2.05) is 29.4 Å². The number of anilines is 1. The van der Waals surface area contributed by atoms with Gasteiger partial charge in [-0.1, -0.05) is 17.7 Å². The predicted molar refractivity (Wildman–Crippen MR) is 127 cm³/mol. The van der Waals surface area contributed by atoms with Crippen molar-refractivity contribution in [2.75, 3.05) is 18.0 Å². The maximum absolute atomic E-state index is 13.9. The minimum Gasteiger partial charge on any atom is -0.317 e. The number of rotatable bonds is 3. The molecule has 1 fully saturated rings. The predicted octanol–water partition coefficient (Wildman–Crippen LogP) is 3.56. The molecule has 0 aliphatic carbocycles. The first-order valence-corrected chi connectivity index (χ1v) is 11.3. The number of carbonyl (C=O) groups is 1. The molecule has 0 bridgehead atoms. The third kappa shape index (κ3) is 3.11. The molecule has 5 heterocycles. The Balaban J connectivity index is 1.50. The van der Waals surface area contributed by atoms with Crippen LogP contribution in [0.1, 0.15) is 29.7 Å². The summed E-state index contributed by atoms with van der Waals surface area (Å²) in [5.74, 6) is 0.150. The van der Waals surface area contributed by atoms with E-state index in [-0.39, 0.29) is 5.91 Å². The summed E-state index contributed by atoms with van der Waals surface area (Å²) in [6.45, 7) is 4.13. The summed E-state index contributed by atoms with van der Waals surface area (Å²) in [7, 11) is 0. The molecule has 1 N–H and O–H groups in total. The molecule has 0 unspecified atom stereocenters. The Hall–Kier alpha value is -3.71. The standard InChI is InChI=1S/C26H24N6O/c1-17-2-3-20-19(12-17)13-29-22(24(20)18-4-9-30-31-14-18)16-32-23-15-28-8-5-21(23)26(25(32)33)6-10-27-11-7-26/h2-5,8-9,12-15,27H,6-7,10-11,16H2,1H3. The lowest BCUT2D eigenvalue weighted by Crippen LogP contribution is -2.47. The van der Waals surface area contributed by atoms with Crippen LogP contribution in [0.15, 0.2) is 61.3 Å². The Labute approximate surface area is 191 Å². The fraction of sp³-hybridized carbons (Fsp3) is 0.269. The number of carbonyl (C=O) groups excluding carboxylic acids is 1. The molecule has 1 spiro atoms. The molecule has 1 amide bonds. The van der Waals surface area contributed by atoms with Crippen molar-refractivity contribution in [2.45, 2.75) is 31.7 Å². The Morgan fingerprint density at radius 2 is 1.91 bits per heavy atom. The number of pyridine rings is 2. The number of aromatic nitrogens is 4. The largest absolute Gasteiger partial charge is 0.317 e. The Morgan fingerprint density at radius 3 is 2.73 bits per heavy atom. The maximum Gasteiger partial charge on any atom is 0.238 e. The van der Waals surface area contributed by atoms with Gasteiger partial charge in [0.05, 0.1) is 41.9 Å². The lowest BCUT2D eigenvalue weighted by Gasteiger charge is -2.33. The van der Waals surface area contributed by atoms with Crippen LogP contribution >= 0.6 is 0 Å². The van der Waals surface area contributed by atoms with E-state index in [1.54, 1.807) is 18.6 Å². The smallest absolute Gasteiger partial charge is 0.238 e. The second-order valence-electron chi connectivity index (χ2n) is 8.92. The van der Waals surface area contributed by atoms with Crippen LogP contribution in [0.3, 0.4) is 0 Å². The van der Waals surface area contributed by atoms with Crippen LogP contribution in [0.5, 0.6) is 0 Å². The summed E-state index contributed by atoms with van der Waals surface area (Å²) in [4.78, 5) is 25.0. The van der Waals surface area contributed by atoms with Crippen LogP contribution in [-0.4, -0.2) is 39.2 Å². The van der Waals surface area contributed by atoms with Crippen molar-refractivity contribution in [3.63, 3.8) is 0 Å². The Kier molecular flexibility index (Phi) is 4.66. The van der Waals surface area contributed by atoms with Gasteiger partial charge in [-0.3, -0.25) is 14.8 Å². The summed E-state index contributed by atoms with van der Waals surface area (Å²) in [6, 6.07) is 10.3. The number of hydrogen-bond donors (Lipinski definition) is 1. The van der Waals surface area contributed by atoms with Crippen LogP contribution in [0.4, 0.5) is 5.69 Å². The van der Waals surface area contributed by atoms with E-state index in [4.69, 9.17) is 4.98 Å². The molecule has 1 aromatic carbocycles. The van der Waals surface area contributed by atoms with Crippen LogP contribution < -0.4 is 10.2 Å². The maximum atomic E-state index is 13.9. The number of hydrogen-bond acceptors (Lipinski definition) is 6. The lowest BCUT2D eigenvalue weighted by molar-refractivity contribution is -0.124. The highest BCUT2D eigenvalue weighted by Crippen LogP contribution is 2.47. The number of nitrogens with zero attached hydrogens (tertiary/aromatic N) is 5. The molecule has 3 aromatic heterocycles. The van der Waals surface area contributed by atoms with Gasteiger partial charge in [-0.05, 0) is 62.0 Å². The lowest BCUT2D eigenvalue weighted by atomic mass is 9.74. The topological polar surface area (TPSA) is 83.9 Å². The van der Waals surface area contributed by atoms with Crippen molar-refractivity contribution < 1.29 is 4.79 Å². The molecule has 1 saturated heterocycles.